The first kappa shape index (κ1) is 17.2. The van der Waals surface area contributed by atoms with Crippen LogP contribution in [0.2, 0.25) is 0 Å². The minimum atomic E-state index is -0.899. The van der Waals surface area contributed by atoms with E-state index in [1.807, 2.05) is 24.6 Å². The molecule has 1 N–H and O–H groups in total. The molecule has 23 heavy (non-hydrogen) atoms. The first-order valence-corrected chi connectivity index (χ1v) is 7.86. The van der Waals surface area contributed by atoms with Crippen LogP contribution in [0.4, 0.5) is 4.39 Å². The smallest absolute Gasteiger partial charge is 0.230 e. The Balaban J connectivity index is 1.89. The number of nitrogens with one attached hydrogen (secondary N) is 1. The maximum atomic E-state index is 13.9. The fraction of sp³-hybridized carbons (Fsp3) is 0.444. The average molecular weight is 317 g/mol. The third-order valence-corrected chi connectivity index (χ3v) is 4.05. The SMILES string of the molecule is Cc1cc(C)n(CCCNC(=O)C(C)(C)c2ccccc2F)n1. The maximum Gasteiger partial charge on any atom is 0.230 e. The van der Waals surface area contributed by atoms with E-state index in [4.69, 9.17) is 0 Å². The highest BCUT2D eigenvalue weighted by molar-refractivity contribution is 5.87. The van der Waals surface area contributed by atoms with Crippen LogP contribution in [0.3, 0.4) is 0 Å². The third-order valence-electron chi connectivity index (χ3n) is 4.05. The molecule has 1 aromatic heterocycles. The fourth-order valence-corrected chi connectivity index (χ4v) is 2.64. The minimum Gasteiger partial charge on any atom is -0.355 e. The Morgan fingerprint density at radius 1 is 1.30 bits per heavy atom. The number of carbonyl (C=O) groups excluding carboxylic acids is 1. The lowest BCUT2D eigenvalue weighted by molar-refractivity contribution is -0.125. The predicted octanol–water partition coefficient (Wildman–Crippen LogP) is 3.12. The van der Waals surface area contributed by atoms with Crippen molar-refractivity contribution in [2.75, 3.05) is 6.54 Å². The average Bonchev–Trinajstić information content (AvgIpc) is 2.81. The normalized spacial score (nSPS) is 11.5. The van der Waals surface area contributed by atoms with E-state index in [1.54, 1.807) is 32.0 Å². The monoisotopic (exact) mass is 317 g/mol. The molecule has 5 heteroatoms. The van der Waals surface area contributed by atoms with Gasteiger partial charge in [0.2, 0.25) is 5.91 Å². The van der Waals surface area contributed by atoms with Gasteiger partial charge in [0, 0.05) is 24.3 Å². The van der Waals surface area contributed by atoms with Gasteiger partial charge in [-0.2, -0.15) is 5.10 Å². The van der Waals surface area contributed by atoms with E-state index < -0.39 is 5.41 Å². The topological polar surface area (TPSA) is 46.9 Å². The minimum absolute atomic E-state index is 0.170. The van der Waals surface area contributed by atoms with Gasteiger partial charge in [-0.1, -0.05) is 18.2 Å². The van der Waals surface area contributed by atoms with Gasteiger partial charge in [-0.05, 0) is 46.2 Å². The summed E-state index contributed by atoms with van der Waals surface area (Å²) in [5.74, 6) is -0.522. The van der Waals surface area contributed by atoms with E-state index in [0.29, 0.717) is 12.1 Å². The van der Waals surface area contributed by atoms with Crippen molar-refractivity contribution >= 4 is 5.91 Å². The lowest BCUT2D eigenvalue weighted by Gasteiger charge is -2.24. The Labute approximate surface area is 136 Å². The van der Waals surface area contributed by atoms with Crippen molar-refractivity contribution in [2.45, 2.75) is 46.1 Å². The Hall–Kier alpha value is -2.17. The van der Waals surface area contributed by atoms with Crippen LogP contribution in [0.25, 0.3) is 0 Å². The van der Waals surface area contributed by atoms with Gasteiger partial charge in [0.1, 0.15) is 5.82 Å². The largest absolute Gasteiger partial charge is 0.355 e. The lowest BCUT2D eigenvalue weighted by Crippen LogP contribution is -2.41. The Morgan fingerprint density at radius 3 is 2.61 bits per heavy atom. The summed E-state index contributed by atoms with van der Waals surface area (Å²) in [5, 5.41) is 7.29. The summed E-state index contributed by atoms with van der Waals surface area (Å²) < 4.78 is 15.8. The van der Waals surface area contributed by atoms with Crippen LogP contribution in [-0.2, 0) is 16.8 Å². The van der Waals surface area contributed by atoms with Crippen molar-refractivity contribution in [2.24, 2.45) is 0 Å². The van der Waals surface area contributed by atoms with E-state index in [9.17, 15) is 9.18 Å². The van der Waals surface area contributed by atoms with Crippen LogP contribution in [0.1, 0.15) is 37.2 Å². The standard InChI is InChI=1S/C18H24FN3O/c1-13-12-14(2)22(21-13)11-7-10-20-17(23)18(3,4)15-8-5-6-9-16(15)19/h5-6,8-9,12H,7,10-11H2,1-4H3,(H,20,23). The molecule has 0 aliphatic heterocycles. The summed E-state index contributed by atoms with van der Waals surface area (Å²) in [5.41, 5.74) is 1.62. The van der Waals surface area contributed by atoms with Crippen LogP contribution in [0.5, 0.6) is 0 Å². The molecule has 0 fully saturated rings. The number of amides is 1. The van der Waals surface area contributed by atoms with Gasteiger partial charge in [0.15, 0.2) is 0 Å². The second kappa shape index (κ2) is 6.94. The molecule has 0 bridgehead atoms. The van der Waals surface area contributed by atoms with Gasteiger partial charge in [-0.25, -0.2) is 4.39 Å². The Kier molecular flexibility index (Phi) is 5.19. The van der Waals surface area contributed by atoms with E-state index in [0.717, 1.165) is 24.4 Å². The van der Waals surface area contributed by atoms with Gasteiger partial charge in [-0.3, -0.25) is 9.48 Å². The number of rotatable bonds is 6. The summed E-state index contributed by atoms with van der Waals surface area (Å²) in [6.07, 6.45) is 0.779. The zero-order valence-corrected chi connectivity index (χ0v) is 14.2. The predicted molar refractivity (Wildman–Crippen MR) is 88.8 cm³/mol. The van der Waals surface area contributed by atoms with E-state index in [2.05, 4.69) is 10.4 Å². The van der Waals surface area contributed by atoms with Crippen LogP contribution in [0.15, 0.2) is 30.3 Å². The van der Waals surface area contributed by atoms with E-state index >= 15 is 0 Å². The molecule has 0 saturated heterocycles. The molecule has 0 aliphatic rings. The highest BCUT2D eigenvalue weighted by atomic mass is 19.1. The first-order chi connectivity index (χ1) is 10.8. The summed E-state index contributed by atoms with van der Waals surface area (Å²) >= 11 is 0. The molecule has 4 nitrogen and oxygen atoms in total. The van der Waals surface area contributed by atoms with Crippen molar-refractivity contribution < 1.29 is 9.18 Å². The van der Waals surface area contributed by atoms with Crippen molar-refractivity contribution in [1.29, 1.82) is 0 Å². The number of hydrogen-bond donors (Lipinski definition) is 1. The van der Waals surface area contributed by atoms with Gasteiger partial charge in [0.25, 0.3) is 0 Å². The van der Waals surface area contributed by atoms with Gasteiger partial charge in [-0.15, -0.1) is 0 Å². The maximum absolute atomic E-state index is 13.9. The summed E-state index contributed by atoms with van der Waals surface area (Å²) in [6.45, 7) is 8.74. The van der Waals surface area contributed by atoms with Gasteiger partial charge in [0.05, 0.1) is 11.1 Å². The number of hydrogen-bond acceptors (Lipinski definition) is 2. The second-order valence-corrected chi connectivity index (χ2v) is 6.36. The quantitative estimate of drug-likeness (QED) is 0.832. The lowest BCUT2D eigenvalue weighted by atomic mass is 9.83. The molecular formula is C18H24FN3O. The molecule has 124 valence electrons. The molecule has 2 aromatic rings. The molecule has 2 rings (SSSR count). The van der Waals surface area contributed by atoms with Crippen LogP contribution in [0, 0.1) is 19.7 Å². The van der Waals surface area contributed by atoms with E-state index in [-0.39, 0.29) is 11.7 Å². The number of halogens is 1. The molecule has 0 aliphatic carbocycles. The Bertz CT molecular complexity index is 691. The molecule has 0 saturated carbocycles. The van der Waals surface area contributed by atoms with Gasteiger partial charge >= 0.3 is 0 Å². The van der Waals surface area contributed by atoms with Crippen molar-refractivity contribution in [3.63, 3.8) is 0 Å². The summed E-state index contributed by atoms with van der Waals surface area (Å²) in [6, 6.07) is 8.44. The Morgan fingerprint density at radius 2 is 2.00 bits per heavy atom. The fourth-order valence-electron chi connectivity index (χ4n) is 2.64. The molecule has 0 radical (unpaired) electrons. The molecule has 1 heterocycles. The van der Waals surface area contributed by atoms with E-state index in [1.165, 1.54) is 6.07 Å². The molecular weight excluding hydrogens is 293 g/mol. The number of nitrogens with zero attached hydrogens (tertiary/aromatic N) is 2. The number of carbonyl (C=O) groups is 1. The zero-order chi connectivity index (χ0) is 17.0. The highest BCUT2D eigenvalue weighted by Crippen LogP contribution is 2.25. The first-order valence-electron chi connectivity index (χ1n) is 7.86. The summed E-state index contributed by atoms with van der Waals surface area (Å²) in [4.78, 5) is 12.4. The molecule has 1 aromatic carbocycles. The van der Waals surface area contributed by atoms with Crippen LogP contribution < -0.4 is 5.32 Å². The van der Waals surface area contributed by atoms with Gasteiger partial charge < -0.3 is 5.32 Å². The second-order valence-electron chi connectivity index (χ2n) is 6.36. The van der Waals surface area contributed by atoms with Crippen molar-refractivity contribution in [3.05, 3.63) is 53.1 Å². The zero-order valence-electron chi connectivity index (χ0n) is 14.2. The van der Waals surface area contributed by atoms with Crippen molar-refractivity contribution in [3.8, 4) is 0 Å². The van der Waals surface area contributed by atoms with Crippen LogP contribution in [-0.4, -0.2) is 22.2 Å². The summed E-state index contributed by atoms with van der Waals surface area (Å²) in [7, 11) is 0. The van der Waals surface area contributed by atoms with Crippen molar-refractivity contribution in [1.82, 2.24) is 15.1 Å². The number of aromatic nitrogens is 2. The third kappa shape index (κ3) is 3.97. The molecule has 0 atom stereocenters. The highest BCUT2D eigenvalue weighted by Gasteiger charge is 2.31. The number of benzene rings is 1. The molecule has 0 spiro atoms. The van der Waals surface area contributed by atoms with Crippen LogP contribution >= 0.6 is 0 Å². The molecule has 0 unspecified atom stereocenters. The molecule has 1 amide bonds. The number of aryl methyl sites for hydroxylation is 3.